The zero-order valence-corrected chi connectivity index (χ0v) is 12.5. The lowest BCUT2D eigenvalue weighted by atomic mass is 10.1. The van der Waals surface area contributed by atoms with Crippen LogP contribution in [-0.4, -0.2) is 43.0 Å². The Bertz CT molecular complexity index is 379. The second-order valence-corrected chi connectivity index (χ2v) is 5.44. The van der Waals surface area contributed by atoms with E-state index in [1.165, 1.54) is 5.56 Å². The molecule has 0 radical (unpaired) electrons. The average molecular weight is 270 g/mol. The van der Waals surface area contributed by atoms with Gasteiger partial charge in [-0.05, 0) is 45.3 Å². The van der Waals surface area contributed by atoms with Crippen LogP contribution in [0.1, 0.15) is 19.4 Å². The first-order valence-electron chi connectivity index (χ1n) is 6.36. The lowest BCUT2D eigenvalue weighted by molar-refractivity contribution is 0.174. The Morgan fingerprint density at radius 3 is 2.50 bits per heavy atom. The van der Waals surface area contributed by atoms with Crippen molar-refractivity contribution in [2.75, 3.05) is 32.9 Å². The molecule has 0 amide bonds. The van der Waals surface area contributed by atoms with Gasteiger partial charge in [0.1, 0.15) is 0 Å². The number of nitrogens with two attached hydrogens (primary N) is 1. The minimum Gasteiger partial charge on any atom is -0.398 e. The van der Waals surface area contributed by atoms with Gasteiger partial charge in [-0.3, -0.25) is 4.90 Å². The molecule has 1 unspecified atom stereocenters. The number of nitrogen functional groups attached to an aromatic ring is 1. The van der Waals surface area contributed by atoms with Crippen LogP contribution in [0.4, 0.5) is 5.69 Å². The highest BCUT2D eigenvalue weighted by Gasteiger charge is 2.13. The van der Waals surface area contributed by atoms with Gasteiger partial charge in [0.05, 0.1) is 10.7 Å². The fraction of sp³-hybridized carbons (Fsp3) is 0.571. The predicted molar refractivity (Wildman–Crippen MR) is 80.0 cm³/mol. The topological polar surface area (TPSA) is 32.5 Å². The molecule has 0 heterocycles. The highest BCUT2D eigenvalue weighted by molar-refractivity contribution is 6.33. The van der Waals surface area contributed by atoms with Crippen molar-refractivity contribution in [3.63, 3.8) is 0 Å². The number of likely N-dealkylation sites (N-methyl/N-ethyl adjacent to an activating group) is 2. The maximum Gasteiger partial charge on any atom is 0.0635 e. The molecule has 0 spiro atoms. The largest absolute Gasteiger partial charge is 0.398 e. The molecule has 0 aliphatic carbocycles. The Morgan fingerprint density at radius 1 is 1.33 bits per heavy atom. The molecular formula is C14H24ClN3. The van der Waals surface area contributed by atoms with E-state index in [0.717, 1.165) is 19.6 Å². The van der Waals surface area contributed by atoms with Gasteiger partial charge in [-0.1, -0.05) is 24.6 Å². The van der Waals surface area contributed by atoms with Crippen LogP contribution in [0.25, 0.3) is 0 Å². The summed E-state index contributed by atoms with van der Waals surface area (Å²) in [6.45, 7) is 7.43. The molecule has 0 saturated heterocycles. The van der Waals surface area contributed by atoms with Gasteiger partial charge in [-0.25, -0.2) is 0 Å². The van der Waals surface area contributed by atoms with Crippen LogP contribution >= 0.6 is 11.6 Å². The zero-order chi connectivity index (χ0) is 13.7. The fourth-order valence-electron chi connectivity index (χ4n) is 2.15. The molecule has 0 fully saturated rings. The summed E-state index contributed by atoms with van der Waals surface area (Å²) in [6, 6.07) is 6.40. The number of anilines is 1. The Hall–Kier alpha value is -0.770. The third kappa shape index (κ3) is 4.48. The molecule has 0 aromatic heterocycles. The first-order valence-corrected chi connectivity index (χ1v) is 6.74. The summed E-state index contributed by atoms with van der Waals surface area (Å²) in [4.78, 5) is 4.65. The van der Waals surface area contributed by atoms with Crippen molar-refractivity contribution in [1.29, 1.82) is 0 Å². The third-order valence-corrected chi connectivity index (χ3v) is 3.45. The van der Waals surface area contributed by atoms with Crippen LogP contribution in [0.3, 0.4) is 0 Å². The van der Waals surface area contributed by atoms with E-state index in [2.05, 4.69) is 37.7 Å². The predicted octanol–water partition coefficient (Wildman–Crippen LogP) is 2.69. The van der Waals surface area contributed by atoms with Crippen LogP contribution in [0.15, 0.2) is 18.2 Å². The van der Waals surface area contributed by atoms with Gasteiger partial charge in [0.15, 0.2) is 0 Å². The summed E-state index contributed by atoms with van der Waals surface area (Å²) in [5.41, 5.74) is 7.71. The molecule has 4 heteroatoms. The minimum atomic E-state index is 0.516. The Kier molecular flexibility index (Phi) is 5.93. The summed E-state index contributed by atoms with van der Waals surface area (Å²) in [7, 11) is 4.20. The van der Waals surface area contributed by atoms with Gasteiger partial charge in [-0.15, -0.1) is 0 Å². The van der Waals surface area contributed by atoms with Gasteiger partial charge < -0.3 is 10.6 Å². The minimum absolute atomic E-state index is 0.516. The van der Waals surface area contributed by atoms with E-state index in [-0.39, 0.29) is 0 Å². The maximum absolute atomic E-state index is 5.94. The quantitative estimate of drug-likeness (QED) is 0.806. The molecule has 0 saturated carbocycles. The summed E-state index contributed by atoms with van der Waals surface area (Å²) < 4.78 is 0. The molecule has 1 aromatic rings. The zero-order valence-electron chi connectivity index (χ0n) is 11.8. The fourth-order valence-corrected chi connectivity index (χ4v) is 2.27. The standard InChI is InChI=1S/C14H24ClN3/c1-5-18(11(2)9-17(3)4)10-12-6-7-13(15)14(16)8-12/h6-8,11H,5,9-10,16H2,1-4H3. The number of rotatable bonds is 6. The van der Waals surface area contributed by atoms with E-state index < -0.39 is 0 Å². The van der Waals surface area contributed by atoms with Gasteiger partial charge in [0.25, 0.3) is 0 Å². The van der Waals surface area contributed by atoms with E-state index >= 15 is 0 Å². The van der Waals surface area contributed by atoms with E-state index in [1.807, 2.05) is 18.2 Å². The molecule has 18 heavy (non-hydrogen) atoms. The molecule has 0 aliphatic heterocycles. The molecule has 1 rings (SSSR count). The molecule has 0 bridgehead atoms. The average Bonchev–Trinajstić information content (AvgIpc) is 2.29. The second-order valence-electron chi connectivity index (χ2n) is 5.03. The lowest BCUT2D eigenvalue weighted by Crippen LogP contribution is -2.39. The highest BCUT2D eigenvalue weighted by atomic mass is 35.5. The number of hydrogen-bond donors (Lipinski definition) is 1. The molecule has 0 aliphatic rings. The number of halogens is 1. The SMILES string of the molecule is CCN(Cc1ccc(Cl)c(N)c1)C(C)CN(C)C. The van der Waals surface area contributed by atoms with E-state index in [0.29, 0.717) is 16.8 Å². The normalized spacial score (nSPS) is 13.3. The van der Waals surface area contributed by atoms with Crippen molar-refractivity contribution in [1.82, 2.24) is 9.80 Å². The summed E-state index contributed by atoms with van der Waals surface area (Å²) >= 11 is 5.94. The van der Waals surface area contributed by atoms with Gasteiger partial charge in [0.2, 0.25) is 0 Å². The summed E-state index contributed by atoms with van der Waals surface area (Å²) in [5, 5.41) is 0.628. The summed E-state index contributed by atoms with van der Waals surface area (Å²) in [5.74, 6) is 0. The third-order valence-electron chi connectivity index (χ3n) is 3.10. The smallest absolute Gasteiger partial charge is 0.0635 e. The first-order chi connectivity index (χ1) is 8.43. The molecule has 3 nitrogen and oxygen atoms in total. The molecule has 1 atom stereocenters. The van der Waals surface area contributed by atoms with E-state index in [4.69, 9.17) is 17.3 Å². The van der Waals surface area contributed by atoms with Crippen LogP contribution < -0.4 is 5.73 Å². The van der Waals surface area contributed by atoms with Crippen molar-refractivity contribution < 1.29 is 0 Å². The van der Waals surface area contributed by atoms with Crippen molar-refractivity contribution in [2.45, 2.75) is 26.4 Å². The van der Waals surface area contributed by atoms with Crippen LogP contribution in [-0.2, 0) is 6.54 Å². The Labute approximate surface area is 116 Å². The van der Waals surface area contributed by atoms with Crippen molar-refractivity contribution in [3.05, 3.63) is 28.8 Å². The Morgan fingerprint density at radius 2 is 2.00 bits per heavy atom. The van der Waals surface area contributed by atoms with Gasteiger partial charge >= 0.3 is 0 Å². The van der Waals surface area contributed by atoms with Crippen LogP contribution in [0, 0.1) is 0 Å². The monoisotopic (exact) mass is 269 g/mol. The van der Waals surface area contributed by atoms with Crippen LogP contribution in [0.2, 0.25) is 5.02 Å². The van der Waals surface area contributed by atoms with Crippen molar-refractivity contribution in [2.24, 2.45) is 0 Å². The number of nitrogens with zero attached hydrogens (tertiary/aromatic N) is 2. The number of hydrogen-bond acceptors (Lipinski definition) is 3. The Balaban J connectivity index is 2.70. The second kappa shape index (κ2) is 6.98. The highest BCUT2D eigenvalue weighted by Crippen LogP contribution is 2.20. The molecule has 102 valence electrons. The van der Waals surface area contributed by atoms with Crippen molar-refractivity contribution in [3.8, 4) is 0 Å². The number of benzene rings is 1. The molecule has 1 aromatic carbocycles. The maximum atomic E-state index is 5.94. The lowest BCUT2D eigenvalue weighted by Gasteiger charge is -2.30. The molecule has 2 N–H and O–H groups in total. The van der Waals surface area contributed by atoms with E-state index in [9.17, 15) is 0 Å². The van der Waals surface area contributed by atoms with E-state index in [1.54, 1.807) is 0 Å². The van der Waals surface area contributed by atoms with Crippen molar-refractivity contribution >= 4 is 17.3 Å². The van der Waals surface area contributed by atoms with Gasteiger partial charge in [-0.2, -0.15) is 0 Å². The van der Waals surface area contributed by atoms with Gasteiger partial charge in [0, 0.05) is 19.1 Å². The molecular weight excluding hydrogens is 246 g/mol. The first kappa shape index (κ1) is 15.3. The van der Waals surface area contributed by atoms with Crippen LogP contribution in [0.5, 0.6) is 0 Å². The summed E-state index contributed by atoms with van der Waals surface area (Å²) in [6.07, 6.45) is 0.